The molecule has 1 aromatic carbocycles. The minimum atomic E-state index is 0. The van der Waals surface area contributed by atoms with Crippen molar-refractivity contribution in [2.75, 3.05) is 0 Å². The lowest BCUT2D eigenvalue weighted by atomic mass is 10.2. The van der Waals surface area contributed by atoms with Crippen molar-refractivity contribution in [2.45, 2.75) is 0 Å². The third kappa shape index (κ3) is 1.03. The molecule has 2 N–H and O–H groups in total. The number of rotatable bonds is 0. The summed E-state index contributed by atoms with van der Waals surface area (Å²) in [5.41, 5.74) is 1.92. The standard InChI is InChI=1S/C9H6N4.H2O/c1-2-4-8-7(3-1)5-10-9-6-11-12-13(8)9;/h1-6H;1H2. The maximum atomic E-state index is 4.24. The fourth-order valence-corrected chi connectivity index (χ4v) is 1.46. The minimum absolute atomic E-state index is 0. The highest BCUT2D eigenvalue weighted by atomic mass is 16.0. The third-order valence-electron chi connectivity index (χ3n) is 2.08. The van der Waals surface area contributed by atoms with E-state index in [1.165, 1.54) is 0 Å². The lowest BCUT2D eigenvalue weighted by Crippen LogP contribution is -2.25. The molecule has 0 fully saturated rings. The second kappa shape index (κ2) is 3.04. The van der Waals surface area contributed by atoms with Gasteiger partial charge in [-0.2, -0.15) is 0 Å². The van der Waals surface area contributed by atoms with E-state index in [0.717, 1.165) is 16.6 Å². The second-order valence-corrected chi connectivity index (χ2v) is 2.87. The molecule has 0 aliphatic heterocycles. The number of benzene rings is 1. The molecule has 0 bridgehead atoms. The van der Waals surface area contributed by atoms with Crippen LogP contribution in [0.25, 0.3) is 16.6 Å². The van der Waals surface area contributed by atoms with Crippen LogP contribution in [0.15, 0.2) is 36.7 Å². The first-order chi connectivity index (χ1) is 6.45. The molecular formula is C9H8N4O. The van der Waals surface area contributed by atoms with Crippen LogP contribution < -0.4 is 4.52 Å². The largest absolute Gasteiger partial charge is 0.870 e. The molecule has 0 saturated heterocycles. The number of hydrogen-bond donors (Lipinski definition) is 1. The summed E-state index contributed by atoms with van der Waals surface area (Å²) in [6.07, 6.45) is 3.55. The van der Waals surface area contributed by atoms with Gasteiger partial charge in [0.15, 0.2) is 0 Å². The first-order valence-electron chi connectivity index (χ1n) is 4.04. The van der Waals surface area contributed by atoms with E-state index < -0.39 is 0 Å². The molecule has 14 heavy (non-hydrogen) atoms. The van der Waals surface area contributed by atoms with Crippen molar-refractivity contribution in [1.82, 2.24) is 15.3 Å². The number of nitrogens with one attached hydrogen (secondary N) is 1. The van der Waals surface area contributed by atoms with Crippen LogP contribution in [-0.4, -0.2) is 20.8 Å². The normalized spacial score (nSPS) is 10.3. The Morgan fingerprint density at radius 3 is 2.93 bits per heavy atom. The van der Waals surface area contributed by atoms with Gasteiger partial charge in [0.05, 0.1) is 5.39 Å². The molecule has 3 rings (SSSR count). The Hall–Kier alpha value is -2.01. The Balaban J connectivity index is 0.000000750. The predicted molar refractivity (Wildman–Crippen MR) is 49.0 cm³/mol. The number of nitrogens with zero attached hydrogens (tertiary/aromatic N) is 3. The van der Waals surface area contributed by atoms with Crippen molar-refractivity contribution in [3.05, 3.63) is 36.7 Å². The topological polar surface area (TPSA) is 75.7 Å². The lowest BCUT2D eigenvalue weighted by Gasteiger charge is -1.92. The van der Waals surface area contributed by atoms with Gasteiger partial charge in [0.2, 0.25) is 6.20 Å². The van der Waals surface area contributed by atoms with Crippen LogP contribution in [0, 0.1) is 0 Å². The maximum absolute atomic E-state index is 4.24. The van der Waals surface area contributed by atoms with E-state index in [0.29, 0.717) is 0 Å². The number of fused-ring (bicyclic) bond motifs is 3. The molecule has 5 heteroatoms. The summed E-state index contributed by atoms with van der Waals surface area (Å²) in [6, 6.07) is 8.04. The van der Waals surface area contributed by atoms with Gasteiger partial charge in [0.1, 0.15) is 11.7 Å². The summed E-state index contributed by atoms with van der Waals surface area (Å²) in [5, 5.41) is 7.89. The Morgan fingerprint density at radius 2 is 2.00 bits per heavy atom. The van der Waals surface area contributed by atoms with Crippen LogP contribution in [0.2, 0.25) is 0 Å². The van der Waals surface area contributed by atoms with Gasteiger partial charge in [-0.25, -0.2) is 0 Å². The van der Waals surface area contributed by atoms with Gasteiger partial charge in [-0.05, 0) is 17.2 Å². The first-order valence-corrected chi connectivity index (χ1v) is 4.04. The third-order valence-corrected chi connectivity index (χ3v) is 2.08. The fourth-order valence-electron chi connectivity index (χ4n) is 1.46. The summed E-state index contributed by atoms with van der Waals surface area (Å²) in [6.45, 7) is 0. The minimum Gasteiger partial charge on any atom is -0.870 e. The van der Waals surface area contributed by atoms with Gasteiger partial charge in [-0.15, -0.1) is 14.7 Å². The lowest BCUT2D eigenvalue weighted by molar-refractivity contribution is -0.556. The van der Waals surface area contributed by atoms with Crippen molar-refractivity contribution in [3.63, 3.8) is 0 Å². The van der Waals surface area contributed by atoms with Crippen molar-refractivity contribution in [2.24, 2.45) is 0 Å². The van der Waals surface area contributed by atoms with E-state index in [1.807, 2.05) is 35.0 Å². The molecule has 0 amide bonds. The molecule has 0 radical (unpaired) electrons. The average molecular weight is 188 g/mol. The quantitative estimate of drug-likeness (QED) is 0.522. The summed E-state index contributed by atoms with van der Waals surface area (Å²) in [5.74, 6) is 0. The average Bonchev–Trinajstić information content (AvgIpc) is 2.65. The molecule has 2 aromatic heterocycles. The Morgan fingerprint density at radius 1 is 1.14 bits per heavy atom. The van der Waals surface area contributed by atoms with E-state index in [4.69, 9.17) is 0 Å². The monoisotopic (exact) mass is 188 g/mol. The van der Waals surface area contributed by atoms with Crippen LogP contribution >= 0.6 is 0 Å². The van der Waals surface area contributed by atoms with Gasteiger partial charge in [-0.3, -0.25) is 0 Å². The van der Waals surface area contributed by atoms with Crippen LogP contribution in [0.5, 0.6) is 0 Å². The second-order valence-electron chi connectivity index (χ2n) is 2.87. The van der Waals surface area contributed by atoms with Gasteiger partial charge < -0.3 is 5.48 Å². The molecule has 0 unspecified atom stereocenters. The van der Waals surface area contributed by atoms with Gasteiger partial charge in [-0.1, -0.05) is 12.1 Å². The van der Waals surface area contributed by atoms with E-state index >= 15 is 0 Å². The number of para-hydroxylation sites is 1. The summed E-state index contributed by atoms with van der Waals surface area (Å²) in [4.78, 5) is 4.24. The molecule has 0 saturated carbocycles. The zero-order valence-electron chi connectivity index (χ0n) is 7.25. The van der Waals surface area contributed by atoms with Crippen molar-refractivity contribution in [1.29, 1.82) is 0 Å². The van der Waals surface area contributed by atoms with E-state index in [2.05, 4.69) is 15.3 Å². The Labute approximate surface area is 79.3 Å². The maximum Gasteiger partial charge on any atom is 0.322 e. The van der Waals surface area contributed by atoms with Crippen LogP contribution in [0.4, 0.5) is 0 Å². The van der Waals surface area contributed by atoms with Crippen molar-refractivity contribution in [3.8, 4) is 0 Å². The fraction of sp³-hybridized carbons (Fsp3) is 0. The Bertz CT molecular complexity index is 575. The van der Waals surface area contributed by atoms with Gasteiger partial charge >= 0.3 is 5.65 Å². The van der Waals surface area contributed by atoms with Gasteiger partial charge in [0.25, 0.3) is 0 Å². The summed E-state index contributed by atoms with van der Waals surface area (Å²) in [7, 11) is 0. The SMILES string of the molecule is [OH-].c1ccc2c(c1)cnc1cn[nH][n+]12. The zero-order valence-corrected chi connectivity index (χ0v) is 7.25. The first kappa shape index (κ1) is 8.58. The highest BCUT2D eigenvalue weighted by Gasteiger charge is 2.07. The highest BCUT2D eigenvalue weighted by Crippen LogP contribution is 2.07. The van der Waals surface area contributed by atoms with Crippen LogP contribution in [-0.2, 0) is 0 Å². The highest BCUT2D eigenvalue weighted by molar-refractivity contribution is 5.75. The summed E-state index contributed by atoms with van der Waals surface area (Å²) >= 11 is 0. The van der Waals surface area contributed by atoms with Crippen LogP contribution in [0.3, 0.4) is 0 Å². The zero-order chi connectivity index (χ0) is 8.67. The summed E-state index contributed by atoms with van der Waals surface area (Å²) < 4.78 is 1.86. The van der Waals surface area contributed by atoms with Crippen molar-refractivity contribution >= 4 is 16.6 Å². The predicted octanol–water partition coefficient (Wildman–Crippen LogP) is 0.520. The molecule has 0 spiro atoms. The molecule has 70 valence electrons. The van der Waals surface area contributed by atoms with Gasteiger partial charge in [0, 0.05) is 0 Å². The molecule has 3 aromatic rings. The van der Waals surface area contributed by atoms with E-state index in [9.17, 15) is 0 Å². The molecule has 0 aliphatic rings. The molecular weight excluding hydrogens is 180 g/mol. The molecule has 5 nitrogen and oxygen atoms in total. The molecule has 0 aliphatic carbocycles. The number of hydrogen-bond acceptors (Lipinski definition) is 3. The van der Waals surface area contributed by atoms with E-state index in [-0.39, 0.29) is 5.48 Å². The number of aromatic nitrogens is 4. The number of H-pyrrole nitrogens is 1. The van der Waals surface area contributed by atoms with Crippen LogP contribution in [0.1, 0.15) is 0 Å². The Kier molecular flexibility index (Phi) is 1.86. The smallest absolute Gasteiger partial charge is 0.322 e. The van der Waals surface area contributed by atoms with Crippen molar-refractivity contribution < 1.29 is 9.99 Å². The number of aromatic amines is 1. The van der Waals surface area contributed by atoms with E-state index in [1.54, 1.807) is 6.20 Å². The molecule has 2 heterocycles. The molecule has 0 atom stereocenters.